The summed E-state index contributed by atoms with van der Waals surface area (Å²) in [5, 5.41) is 3.19. The lowest BCUT2D eigenvalue weighted by Gasteiger charge is -2.21. The summed E-state index contributed by atoms with van der Waals surface area (Å²) in [7, 11) is 0. The van der Waals surface area contributed by atoms with Gasteiger partial charge in [0.25, 0.3) is 0 Å². The molecule has 0 bridgehead atoms. The lowest BCUT2D eigenvalue weighted by molar-refractivity contribution is 0.192. The summed E-state index contributed by atoms with van der Waals surface area (Å²) in [5.74, 6) is 0. The molecule has 1 N–H and O–H groups in total. The van der Waals surface area contributed by atoms with E-state index in [-0.39, 0.29) is 6.03 Å². The maximum absolute atomic E-state index is 12.3. The van der Waals surface area contributed by atoms with Crippen LogP contribution in [0.15, 0.2) is 18.3 Å². The molecular weight excluding hydrogens is 238 g/mol. The second-order valence-corrected chi connectivity index (χ2v) is 5.60. The van der Waals surface area contributed by atoms with Crippen molar-refractivity contribution >= 4 is 6.03 Å². The molecule has 1 saturated carbocycles. The molecule has 1 aromatic heterocycles. The number of urea groups is 1. The number of fused-ring (bicyclic) bond motifs is 1. The minimum absolute atomic E-state index is 0.0740. The first kappa shape index (κ1) is 12.5. The zero-order valence-corrected chi connectivity index (χ0v) is 11.3. The van der Waals surface area contributed by atoms with E-state index in [1.165, 1.54) is 31.2 Å². The van der Waals surface area contributed by atoms with Gasteiger partial charge in [-0.1, -0.05) is 31.7 Å². The standard InChI is InChI=1S/C15H21N3O/c19-15(17-13-7-3-1-2-4-8-13)18-10-12-6-5-9-16-14(12)11-18/h5-6,9,13H,1-4,7-8,10-11H2,(H,17,19). The number of carbonyl (C=O) groups excluding carboxylic acids is 1. The third kappa shape index (κ3) is 2.88. The number of rotatable bonds is 1. The van der Waals surface area contributed by atoms with Crippen LogP contribution in [-0.2, 0) is 13.1 Å². The molecule has 2 amide bonds. The summed E-state index contributed by atoms with van der Waals surface area (Å²) >= 11 is 0. The Labute approximate surface area is 114 Å². The van der Waals surface area contributed by atoms with Gasteiger partial charge in [0.05, 0.1) is 12.2 Å². The Morgan fingerprint density at radius 2 is 2.00 bits per heavy atom. The van der Waals surface area contributed by atoms with Gasteiger partial charge >= 0.3 is 6.03 Å². The number of amides is 2. The molecule has 0 radical (unpaired) electrons. The van der Waals surface area contributed by atoms with Crippen LogP contribution in [0.5, 0.6) is 0 Å². The summed E-state index contributed by atoms with van der Waals surface area (Å²) in [6.45, 7) is 1.34. The van der Waals surface area contributed by atoms with Crippen molar-refractivity contribution in [2.75, 3.05) is 0 Å². The van der Waals surface area contributed by atoms with Crippen molar-refractivity contribution in [2.45, 2.75) is 57.7 Å². The molecule has 2 heterocycles. The maximum Gasteiger partial charge on any atom is 0.318 e. The third-order valence-corrected chi connectivity index (χ3v) is 4.16. The summed E-state index contributed by atoms with van der Waals surface area (Å²) < 4.78 is 0. The first-order valence-corrected chi connectivity index (χ1v) is 7.31. The Bertz CT molecular complexity index is 427. The van der Waals surface area contributed by atoms with Gasteiger partial charge in [0.2, 0.25) is 0 Å². The number of carbonyl (C=O) groups is 1. The molecular formula is C15H21N3O. The van der Waals surface area contributed by atoms with Crippen LogP contribution < -0.4 is 5.32 Å². The van der Waals surface area contributed by atoms with Crippen LogP contribution >= 0.6 is 0 Å². The lowest BCUT2D eigenvalue weighted by atomic mass is 10.1. The molecule has 0 aromatic carbocycles. The Hall–Kier alpha value is -1.58. The molecule has 1 aliphatic heterocycles. The van der Waals surface area contributed by atoms with Gasteiger partial charge in [0.15, 0.2) is 0 Å². The van der Waals surface area contributed by atoms with Crippen LogP contribution in [0, 0.1) is 0 Å². The largest absolute Gasteiger partial charge is 0.335 e. The normalized spacial score (nSPS) is 19.9. The predicted molar refractivity (Wildman–Crippen MR) is 73.5 cm³/mol. The second-order valence-electron chi connectivity index (χ2n) is 5.60. The van der Waals surface area contributed by atoms with E-state index < -0.39 is 0 Å². The second kappa shape index (κ2) is 5.59. The van der Waals surface area contributed by atoms with Crippen molar-refractivity contribution in [2.24, 2.45) is 0 Å². The Morgan fingerprint density at radius 3 is 2.74 bits per heavy atom. The van der Waals surface area contributed by atoms with Crippen molar-refractivity contribution in [1.82, 2.24) is 15.2 Å². The topological polar surface area (TPSA) is 45.2 Å². The van der Waals surface area contributed by atoms with E-state index in [4.69, 9.17) is 0 Å². The highest BCUT2D eigenvalue weighted by Gasteiger charge is 2.25. The molecule has 1 aliphatic carbocycles. The van der Waals surface area contributed by atoms with Gasteiger partial charge in [-0.2, -0.15) is 0 Å². The number of nitrogens with one attached hydrogen (secondary N) is 1. The summed E-state index contributed by atoms with van der Waals surface area (Å²) in [6.07, 6.45) is 9.16. The molecule has 3 rings (SSSR count). The lowest BCUT2D eigenvalue weighted by Crippen LogP contribution is -2.42. The van der Waals surface area contributed by atoms with Crippen molar-refractivity contribution < 1.29 is 4.79 Å². The highest BCUT2D eigenvalue weighted by Crippen LogP contribution is 2.21. The van der Waals surface area contributed by atoms with Gasteiger partial charge < -0.3 is 10.2 Å². The number of aromatic nitrogens is 1. The smallest absolute Gasteiger partial charge is 0.318 e. The van der Waals surface area contributed by atoms with Gasteiger partial charge in [-0.3, -0.25) is 4.98 Å². The highest BCUT2D eigenvalue weighted by molar-refractivity contribution is 5.75. The van der Waals surface area contributed by atoms with Crippen LogP contribution in [0.2, 0.25) is 0 Å². The zero-order valence-electron chi connectivity index (χ0n) is 11.3. The average Bonchev–Trinajstić information content (AvgIpc) is 2.70. The molecule has 0 spiro atoms. The zero-order chi connectivity index (χ0) is 13.1. The van der Waals surface area contributed by atoms with Gasteiger partial charge in [-0.25, -0.2) is 4.79 Å². The number of nitrogens with zero attached hydrogens (tertiary/aromatic N) is 2. The predicted octanol–water partition coefficient (Wildman–Crippen LogP) is 2.83. The van der Waals surface area contributed by atoms with E-state index in [0.717, 1.165) is 18.5 Å². The van der Waals surface area contributed by atoms with E-state index >= 15 is 0 Å². The minimum atomic E-state index is 0.0740. The van der Waals surface area contributed by atoms with Crippen molar-refractivity contribution in [3.63, 3.8) is 0 Å². The first-order chi connectivity index (χ1) is 9.33. The third-order valence-electron chi connectivity index (χ3n) is 4.16. The van der Waals surface area contributed by atoms with Crippen molar-refractivity contribution in [3.8, 4) is 0 Å². The van der Waals surface area contributed by atoms with Crippen LogP contribution in [0.3, 0.4) is 0 Å². The molecule has 4 heteroatoms. The van der Waals surface area contributed by atoms with Gasteiger partial charge in [-0.15, -0.1) is 0 Å². The molecule has 4 nitrogen and oxygen atoms in total. The molecule has 0 unspecified atom stereocenters. The van der Waals surface area contributed by atoms with Crippen LogP contribution in [0.1, 0.15) is 49.8 Å². The van der Waals surface area contributed by atoms with Gasteiger partial charge in [0, 0.05) is 18.8 Å². The molecule has 0 atom stereocenters. The van der Waals surface area contributed by atoms with E-state index in [0.29, 0.717) is 19.1 Å². The minimum Gasteiger partial charge on any atom is -0.335 e. The highest BCUT2D eigenvalue weighted by atomic mass is 16.2. The molecule has 0 saturated heterocycles. The number of hydrogen-bond acceptors (Lipinski definition) is 2. The van der Waals surface area contributed by atoms with Crippen molar-refractivity contribution in [3.05, 3.63) is 29.6 Å². The average molecular weight is 259 g/mol. The fraction of sp³-hybridized carbons (Fsp3) is 0.600. The molecule has 1 fully saturated rings. The van der Waals surface area contributed by atoms with Crippen LogP contribution in [-0.4, -0.2) is 22.0 Å². The SMILES string of the molecule is O=C(NC1CCCCCC1)N1Cc2cccnc2C1. The van der Waals surface area contributed by atoms with Crippen LogP contribution in [0.4, 0.5) is 4.79 Å². The monoisotopic (exact) mass is 259 g/mol. The van der Waals surface area contributed by atoms with Crippen molar-refractivity contribution in [1.29, 1.82) is 0 Å². The number of hydrogen-bond donors (Lipinski definition) is 1. The fourth-order valence-electron chi connectivity index (χ4n) is 3.03. The maximum atomic E-state index is 12.3. The fourth-order valence-corrected chi connectivity index (χ4v) is 3.03. The molecule has 102 valence electrons. The Kier molecular flexibility index (Phi) is 3.67. The summed E-state index contributed by atoms with van der Waals surface area (Å²) in [5.41, 5.74) is 2.22. The summed E-state index contributed by atoms with van der Waals surface area (Å²) in [6, 6.07) is 4.43. The van der Waals surface area contributed by atoms with Gasteiger partial charge in [0.1, 0.15) is 0 Å². The molecule has 1 aromatic rings. The quantitative estimate of drug-likeness (QED) is 0.788. The molecule has 19 heavy (non-hydrogen) atoms. The van der Waals surface area contributed by atoms with E-state index in [2.05, 4.69) is 16.4 Å². The number of pyridine rings is 1. The van der Waals surface area contributed by atoms with E-state index in [1.54, 1.807) is 6.20 Å². The summed E-state index contributed by atoms with van der Waals surface area (Å²) in [4.78, 5) is 18.5. The van der Waals surface area contributed by atoms with Crippen LogP contribution in [0.25, 0.3) is 0 Å². The molecule has 2 aliphatic rings. The van der Waals surface area contributed by atoms with E-state index in [9.17, 15) is 4.79 Å². The Balaban J connectivity index is 1.57. The first-order valence-electron chi connectivity index (χ1n) is 7.31. The van der Waals surface area contributed by atoms with E-state index in [1.807, 2.05) is 11.0 Å². The van der Waals surface area contributed by atoms with Gasteiger partial charge in [-0.05, 0) is 24.5 Å². The Morgan fingerprint density at radius 1 is 1.21 bits per heavy atom.